The van der Waals surface area contributed by atoms with E-state index in [1.54, 1.807) is 0 Å². The molecule has 0 amide bonds. The Labute approximate surface area is 119 Å². The molecule has 0 atom stereocenters. The van der Waals surface area contributed by atoms with Gasteiger partial charge in [0, 0.05) is 51.2 Å². The molecule has 2 rings (SSSR count). The molecule has 0 unspecified atom stereocenters. The predicted molar refractivity (Wildman–Crippen MR) is 77.1 cm³/mol. The van der Waals surface area contributed by atoms with Crippen LogP contribution in [0.2, 0.25) is 0 Å². The number of aromatic nitrogens is 1. The van der Waals surface area contributed by atoms with Crippen LogP contribution in [-0.4, -0.2) is 55.3 Å². The van der Waals surface area contributed by atoms with Crippen LogP contribution in [0.4, 0.5) is 0 Å². The van der Waals surface area contributed by atoms with Crippen molar-refractivity contribution in [2.24, 2.45) is 5.92 Å². The van der Waals surface area contributed by atoms with Crippen molar-refractivity contribution in [2.75, 3.05) is 32.7 Å². The fourth-order valence-electron chi connectivity index (χ4n) is 2.41. The van der Waals surface area contributed by atoms with Gasteiger partial charge in [-0.05, 0) is 5.92 Å². The van der Waals surface area contributed by atoms with Gasteiger partial charge in [-0.3, -0.25) is 4.79 Å². The van der Waals surface area contributed by atoms with Crippen LogP contribution < -0.4 is 5.43 Å². The highest BCUT2D eigenvalue weighted by molar-refractivity contribution is 7.89. The third-order valence-electron chi connectivity index (χ3n) is 3.36. The number of hydrogen-bond donors (Lipinski definition) is 1. The van der Waals surface area contributed by atoms with Crippen molar-refractivity contribution in [1.82, 2.24) is 14.2 Å². The first-order valence-electron chi connectivity index (χ1n) is 6.81. The SMILES string of the molecule is CC(C)CN1CCN(S(=O)(=O)c2c[nH]ccc2=O)CC1. The van der Waals surface area contributed by atoms with Crippen molar-refractivity contribution in [2.45, 2.75) is 18.7 Å². The number of sulfonamides is 1. The van der Waals surface area contributed by atoms with Crippen LogP contribution >= 0.6 is 0 Å². The second-order valence-corrected chi connectivity index (χ2v) is 7.38. The van der Waals surface area contributed by atoms with Crippen molar-refractivity contribution in [1.29, 1.82) is 0 Å². The summed E-state index contributed by atoms with van der Waals surface area (Å²) in [6, 6.07) is 1.24. The highest BCUT2D eigenvalue weighted by Crippen LogP contribution is 2.14. The molecular weight excluding hydrogens is 278 g/mol. The van der Waals surface area contributed by atoms with E-state index in [1.165, 1.54) is 22.8 Å². The number of rotatable bonds is 4. The molecule has 0 bridgehead atoms. The quantitative estimate of drug-likeness (QED) is 0.870. The molecule has 1 N–H and O–H groups in total. The van der Waals surface area contributed by atoms with Gasteiger partial charge >= 0.3 is 0 Å². The lowest BCUT2D eigenvalue weighted by molar-refractivity contribution is 0.172. The van der Waals surface area contributed by atoms with Gasteiger partial charge in [0.2, 0.25) is 15.5 Å². The van der Waals surface area contributed by atoms with Crippen LogP contribution in [0.15, 0.2) is 28.2 Å². The summed E-state index contributed by atoms with van der Waals surface area (Å²) in [5.74, 6) is 0.565. The molecule has 0 aliphatic carbocycles. The lowest BCUT2D eigenvalue weighted by Gasteiger charge is -2.34. The monoisotopic (exact) mass is 299 g/mol. The summed E-state index contributed by atoms with van der Waals surface area (Å²) in [5.41, 5.74) is -0.464. The summed E-state index contributed by atoms with van der Waals surface area (Å²) in [6.07, 6.45) is 2.69. The van der Waals surface area contributed by atoms with Crippen molar-refractivity contribution >= 4 is 10.0 Å². The Morgan fingerprint density at radius 1 is 1.25 bits per heavy atom. The largest absolute Gasteiger partial charge is 0.366 e. The summed E-state index contributed by atoms with van der Waals surface area (Å²) >= 11 is 0. The molecule has 0 aromatic carbocycles. The molecule has 1 aromatic heterocycles. The predicted octanol–water partition coefficient (Wildman–Crippen LogP) is 0.337. The minimum Gasteiger partial charge on any atom is -0.366 e. The summed E-state index contributed by atoms with van der Waals surface area (Å²) < 4.78 is 26.2. The first kappa shape index (κ1) is 15.2. The van der Waals surface area contributed by atoms with Gasteiger partial charge in [0.1, 0.15) is 4.90 Å². The highest BCUT2D eigenvalue weighted by Gasteiger charge is 2.30. The Morgan fingerprint density at radius 3 is 2.45 bits per heavy atom. The lowest BCUT2D eigenvalue weighted by atomic mass is 10.2. The first-order chi connectivity index (χ1) is 9.41. The molecule has 6 nitrogen and oxygen atoms in total. The minimum absolute atomic E-state index is 0.169. The van der Waals surface area contributed by atoms with E-state index in [1.807, 2.05) is 0 Å². The zero-order valence-electron chi connectivity index (χ0n) is 11.9. The zero-order chi connectivity index (χ0) is 14.8. The summed E-state index contributed by atoms with van der Waals surface area (Å²) in [4.78, 5) is 16.4. The van der Waals surface area contributed by atoms with Crippen molar-refractivity contribution < 1.29 is 8.42 Å². The van der Waals surface area contributed by atoms with Crippen molar-refractivity contribution in [3.63, 3.8) is 0 Å². The van der Waals surface area contributed by atoms with Crippen LogP contribution in [0.3, 0.4) is 0 Å². The second-order valence-electron chi connectivity index (χ2n) is 5.47. The van der Waals surface area contributed by atoms with E-state index in [0.717, 1.165) is 6.54 Å². The van der Waals surface area contributed by atoms with Crippen molar-refractivity contribution in [3.05, 3.63) is 28.7 Å². The molecule has 0 radical (unpaired) electrons. The van der Waals surface area contributed by atoms with Gasteiger partial charge in [-0.25, -0.2) is 8.42 Å². The maximum atomic E-state index is 12.4. The fourth-order valence-corrected chi connectivity index (χ4v) is 3.87. The molecule has 0 saturated carbocycles. The van der Waals surface area contributed by atoms with E-state index in [4.69, 9.17) is 0 Å². The molecule has 1 aromatic rings. The standard InChI is InChI=1S/C13H21N3O3S/c1-11(2)10-15-5-7-16(8-6-15)20(18,19)13-9-14-4-3-12(13)17/h3-4,9,11H,5-8,10H2,1-2H3,(H,14,17). The van der Waals surface area contributed by atoms with Crippen LogP contribution in [0, 0.1) is 5.92 Å². The Hall–Kier alpha value is -1.18. The molecule has 1 saturated heterocycles. The third kappa shape index (κ3) is 3.28. The minimum atomic E-state index is -3.68. The van der Waals surface area contributed by atoms with Crippen LogP contribution in [0.1, 0.15) is 13.8 Å². The Morgan fingerprint density at radius 2 is 1.90 bits per heavy atom. The number of nitrogens with one attached hydrogen (secondary N) is 1. The summed E-state index contributed by atoms with van der Waals surface area (Å²) in [7, 11) is -3.68. The molecular formula is C13H21N3O3S. The number of hydrogen-bond acceptors (Lipinski definition) is 4. The van der Waals surface area contributed by atoms with E-state index < -0.39 is 15.5 Å². The highest BCUT2D eigenvalue weighted by atomic mass is 32.2. The van der Waals surface area contributed by atoms with Crippen LogP contribution in [0.5, 0.6) is 0 Å². The topological polar surface area (TPSA) is 73.5 Å². The molecule has 0 spiro atoms. The van der Waals surface area contributed by atoms with E-state index in [9.17, 15) is 13.2 Å². The Kier molecular flexibility index (Phi) is 4.62. The van der Waals surface area contributed by atoms with E-state index in [2.05, 4.69) is 23.7 Å². The molecule has 1 aliphatic rings. The van der Waals surface area contributed by atoms with E-state index >= 15 is 0 Å². The normalized spacial score (nSPS) is 18.6. The van der Waals surface area contributed by atoms with Gasteiger partial charge in [-0.1, -0.05) is 13.8 Å². The molecule has 112 valence electrons. The van der Waals surface area contributed by atoms with Gasteiger partial charge < -0.3 is 9.88 Å². The number of nitrogens with zero attached hydrogens (tertiary/aromatic N) is 2. The zero-order valence-corrected chi connectivity index (χ0v) is 12.7. The Balaban J connectivity index is 2.10. The average molecular weight is 299 g/mol. The first-order valence-corrected chi connectivity index (χ1v) is 8.25. The smallest absolute Gasteiger partial charge is 0.248 e. The lowest BCUT2D eigenvalue weighted by Crippen LogP contribution is -2.49. The van der Waals surface area contributed by atoms with Crippen LogP contribution in [-0.2, 0) is 10.0 Å². The summed E-state index contributed by atoms with van der Waals surface area (Å²) in [6.45, 7) is 7.55. The van der Waals surface area contributed by atoms with Gasteiger partial charge in [-0.15, -0.1) is 0 Å². The number of piperazine rings is 1. The van der Waals surface area contributed by atoms with E-state index in [0.29, 0.717) is 32.1 Å². The molecule has 2 heterocycles. The molecule has 1 aliphatic heterocycles. The van der Waals surface area contributed by atoms with Gasteiger partial charge in [0.15, 0.2) is 0 Å². The third-order valence-corrected chi connectivity index (χ3v) is 5.28. The fraction of sp³-hybridized carbons (Fsp3) is 0.615. The summed E-state index contributed by atoms with van der Waals surface area (Å²) in [5, 5.41) is 0. The van der Waals surface area contributed by atoms with Gasteiger partial charge in [-0.2, -0.15) is 4.31 Å². The molecule has 1 fully saturated rings. The Bertz CT molecular complexity index is 601. The van der Waals surface area contributed by atoms with E-state index in [-0.39, 0.29) is 4.90 Å². The molecule has 20 heavy (non-hydrogen) atoms. The van der Waals surface area contributed by atoms with Crippen molar-refractivity contribution in [3.8, 4) is 0 Å². The van der Waals surface area contributed by atoms with Gasteiger partial charge in [0.05, 0.1) is 0 Å². The van der Waals surface area contributed by atoms with Gasteiger partial charge in [0.25, 0.3) is 0 Å². The number of aromatic amines is 1. The second kappa shape index (κ2) is 6.07. The average Bonchev–Trinajstić information content (AvgIpc) is 2.39. The maximum absolute atomic E-state index is 12.4. The number of H-pyrrole nitrogens is 1. The maximum Gasteiger partial charge on any atom is 0.248 e. The molecule has 7 heteroatoms. The van der Waals surface area contributed by atoms with Crippen LogP contribution in [0.25, 0.3) is 0 Å². The number of pyridine rings is 1.